The first-order chi connectivity index (χ1) is 11.6. The Morgan fingerprint density at radius 3 is 2.71 bits per heavy atom. The lowest BCUT2D eigenvalue weighted by atomic mass is 10.3. The number of rotatable bonds is 4. The largest absolute Gasteiger partial charge is 0.284 e. The van der Waals surface area contributed by atoms with E-state index in [1.165, 1.54) is 23.5 Å². The van der Waals surface area contributed by atoms with E-state index >= 15 is 0 Å². The number of non-ortho nitro benzene ring substituents is 1. The monoisotopic (exact) mass is 342 g/mol. The molecule has 0 atom stereocenters. The van der Waals surface area contributed by atoms with E-state index in [9.17, 15) is 14.9 Å². The van der Waals surface area contributed by atoms with Gasteiger partial charge in [0.2, 0.25) is 0 Å². The van der Waals surface area contributed by atoms with Gasteiger partial charge in [-0.05, 0) is 30.7 Å². The first-order valence-corrected chi connectivity index (χ1v) is 8.19. The van der Waals surface area contributed by atoms with Crippen LogP contribution in [-0.2, 0) is 6.54 Å². The number of nitro groups is 1. The standard InChI is InChI=1S/C16H14N4O3S/c1-2-10-19-15(21)13-4-3-9-17-14(13)24-16(19)18-11-5-7-12(8-6-11)20(22)23/h3-9H,2,10H2,1H3. The lowest BCUT2D eigenvalue weighted by Gasteiger charge is -2.06. The molecule has 2 heterocycles. The molecular weight excluding hydrogens is 328 g/mol. The van der Waals surface area contributed by atoms with Gasteiger partial charge in [-0.25, -0.2) is 9.98 Å². The molecule has 122 valence electrons. The van der Waals surface area contributed by atoms with Crippen molar-refractivity contribution >= 4 is 32.9 Å². The fourth-order valence-electron chi connectivity index (χ4n) is 2.27. The number of nitrogens with zero attached hydrogens (tertiary/aromatic N) is 4. The molecule has 2 aromatic heterocycles. The molecule has 24 heavy (non-hydrogen) atoms. The topological polar surface area (TPSA) is 90.4 Å². The second-order valence-electron chi connectivity index (χ2n) is 5.08. The van der Waals surface area contributed by atoms with E-state index in [-0.39, 0.29) is 11.2 Å². The average molecular weight is 342 g/mol. The first kappa shape index (κ1) is 16.0. The minimum absolute atomic E-state index is 0.00347. The van der Waals surface area contributed by atoms with Gasteiger partial charge in [-0.15, -0.1) is 0 Å². The van der Waals surface area contributed by atoms with Gasteiger partial charge >= 0.3 is 0 Å². The Bertz CT molecular complexity index is 1020. The molecule has 0 radical (unpaired) electrons. The molecule has 0 unspecified atom stereocenters. The summed E-state index contributed by atoms with van der Waals surface area (Å²) in [6.07, 6.45) is 2.43. The highest BCUT2D eigenvalue weighted by Gasteiger charge is 2.08. The molecule has 0 saturated carbocycles. The smallest absolute Gasteiger partial charge is 0.269 e. The number of hydrogen-bond acceptors (Lipinski definition) is 6. The third kappa shape index (κ3) is 3.09. The average Bonchev–Trinajstić information content (AvgIpc) is 2.59. The summed E-state index contributed by atoms with van der Waals surface area (Å²) in [6, 6.07) is 9.40. The minimum atomic E-state index is -0.459. The maximum Gasteiger partial charge on any atom is 0.269 e. The van der Waals surface area contributed by atoms with Crippen molar-refractivity contribution in [3.8, 4) is 0 Å². The van der Waals surface area contributed by atoms with Crippen LogP contribution in [-0.4, -0.2) is 14.5 Å². The highest BCUT2D eigenvalue weighted by molar-refractivity contribution is 7.15. The molecule has 0 amide bonds. The molecule has 0 saturated heterocycles. The van der Waals surface area contributed by atoms with Crippen LogP contribution in [0.2, 0.25) is 0 Å². The van der Waals surface area contributed by atoms with Gasteiger partial charge in [0.25, 0.3) is 11.2 Å². The normalized spacial score (nSPS) is 11.8. The number of hydrogen-bond donors (Lipinski definition) is 0. The molecule has 0 N–H and O–H groups in total. The fraction of sp³-hybridized carbons (Fsp3) is 0.188. The number of pyridine rings is 1. The van der Waals surface area contributed by atoms with Gasteiger partial charge < -0.3 is 0 Å². The third-order valence-electron chi connectivity index (χ3n) is 3.40. The lowest BCUT2D eigenvalue weighted by Crippen LogP contribution is -2.31. The van der Waals surface area contributed by atoms with Crippen LogP contribution in [0.1, 0.15) is 13.3 Å². The second-order valence-corrected chi connectivity index (χ2v) is 6.04. The van der Waals surface area contributed by atoms with E-state index in [1.807, 2.05) is 6.92 Å². The predicted molar refractivity (Wildman–Crippen MR) is 92.5 cm³/mol. The highest BCUT2D eigenvalue weighted by atomic mass is 32.1. The maximum absolute atomic E-state index is 12.7. The van der Waals surface area contributed by atoms with Gasteiger partial charge in [0, 0.05) is 24.9 Å². The first-order valence-electron chi connectivity index (χ1n) is 7.38. The number of benzene rings is 1. The summed E-state index contributed by atoms with van der Waals surface area (Å²) in [7, 11) is 0. The Balaban J connectivity index is 2.21. The van der Waals surface area contributed by atoms with Crippen molar-refractivity contribution in [2.75, 3.05) is 0 Å². The predicted octanol–water partition coefficient (Wildman–Crippen LogP) is 3.01. The lowest BCUT2D eigenvalue weighted by molar-refractivity contribution is -0.384. The summed E-state index contributed by atoms with van der Waals surface area (Å²) in [5.74, 6) is 0. The summed E-state index contributed by atoms with van der Waals surface area (Å²) in [5, 5.41) is 11.3. The molecule has 0 aliphatic heterocycles. The van der Waals surface area contributed by atoms with E-state index in [4.69, 9.17) is 0 Å². The van der Waals surface area contributed by atoms with Crippen molar-refractivity contribution in [2.24, 2.45) is 4.99 Å². The van der Waals surface area contributed by atoms with Crippen LogP contribution in [0.25, 0.3) is 10.2 Å². The highest BCUT2D eigenvalue weighted by Crippen LogP contribution is 2.17. The van der Waals surface area contributed by atoms with Gasteiger partial charge in [-0.3, -0.25) is 19.5 Å². The summed E-state index contributed by atoms with van der Waals surface area (Å²) < 4.78 is 1.62. The summed E-state index contributed by atoms with van der Waals surface area (Å²) in [4.78, 5) is 32.8. The molecule has 3 aromatic rings. The molecule has 0 bridgehead atoms. The molecule has 3 rings (SSSR count). The Labute approximate surface area is 140 Å². The molecule has 1 aromatic carbocycles. The van der Waals surface area contributed by atoms with Gasteiger partial charge in [0.05, 0.1) is 16.0 Å². The molecule has 8 heteroatoms. The Kier molecular flexibility index (Phi) is 4.48. The van der Waals surface area contributed by atoms with Gasteiger partial charge in [-0.2, -0.15) is 0 Å². The summed E-state index contributed by atoms with van der Waals surface area (Å²) in [6.45, 7) is 2.53. The van der Waals surface area contributed by atoms with Crippen molar-refractivity contribution in [1.29, 1.82) is 0 Å². The van der Waals surface area contributed by atoms with Crippen molar-refractivity contribution < 1.29 is 4.92 Å². The van der Waals surface area contributed by atoms with Crippen LogP contribution in [0.15, 0.2) is 52.4 Å². The van der Waals surface area contributed by atoms with Crippen LogP contribution in [0.3, 0.4) is 0 Å². The summed E-state index contributed by atoms with van der Waals surface area (Å²) in [5.41, 5.74) is 0.430. The maximum atomic E-state index is 12.7. The minimum Gasteiger partial charge on any atom is -0.284 e. The SMILES string of the molecule is CCCn1c(=Nc2ccc([N+](=O)[O-])cc2)sc2ncccc2c1=O. The van der Waals surface area contributed by atoms with Crippen LogP contribution in [0, 0.1) is 10.1 Å². The molecule has 0 spiro atoms. The van der Waals surface area contributed by atoms with Gasteiger partial charge in [0.15, 0.2) is 4.80 Å². The molecule has 0 aliphatic rings. The second kappa shape index (κ2) is 6.71. The quantitative estimate of drug-likeness (QED) is 0.538. The van der Waals surface area contributed by atoms with Crippen LogP contribution in [0.5, 0.6) is 0 Å². The molecule has 0 fully saturated rings. The van der Waals surface area contributed by atoms with Gasteiger partial charge in [-0.1, -0.05) is 18.3 Å². The fourth-order valence-corrected chi connectivity index (χ4v) is 3.26. The van der Waals surface area contributed by atoms with Crippen LogP contribution >= 0.6 is 11.3 Å². The van der Waals surface area contributed by atoms with E-state index in [0.29, 0.717) is 27.3 Å². The van der Waals surface area contributed by atoms with Crippen molar-refractivity contribution in [2.45, 2.75) is 19.9 Å². The van der Waals surface area contributed by atoms with Crippen LogP contribution < -0.4 is 10.4 Å². The van der Waals surface area contributed by atoms with Gasteiger partial charge in [0.1, 0.15) is 4.83 Å². The van der Waals surface area contributed by atoms with E-state index in [1.54, 1.807) is 35.0 Å². The zero-order valence-corrected chi connectivity index (χ0v) is 13.7. The Morgan fingerprint density at radius 2 is 2.04 bits per heavy atom. The third-order valence-corrected chi connectivity index (χ3v) is 4.41. The Morgan fingerprint density at radius 1 is 1.29 bits per heavy atom. The van der Waals surface area contributed by atoms with E-state index in [0.717, 1.165) is 6.42 Å². The molecule has 0 aliphatic carbocycles. The van der Waals surface area contributed by atoms with Crippen molar-refractivity contribution in [3.05, 3.63) is 67.9 Å². The van der Waals surface area contributed by atoms with E-state index in [2.05, 4.69) is 9.98 Å². The number of nitro benzene ring substituents is 1. The molecule has 7 nitrogen and oxygen atoms in total. The zero-order valence-electron chi connectivity index (χ0n) is 12.9. The number of fused-ring (bicyclic) bond motifs is 1. The van der Waals surface area contributed by atoms with Crippen molar-refractivity contribution in [3.63, 3.8) is 0 Å². The summed E-state index contributed by atoms with van der Waals surface area (Å²) >= 11 is 1.32. The van der Waals surface area contributed by atoms with Crippen molar-refractivity contribution in [1.82, 2.24) is 9.55 Å². The zero-order chi connectivity index (χ0) is 17.1. The Hall–Kier alpha value is -2.87. The van der Waals surface area contributed by atoms with E-state index < -0.39 is 4.92 Å². The van der Waals surface area contributed by atoms with Crippen LogP contribution in [0.4, 0.5) is 11.4 Å². The number of aromatic nitrogens is 2. The molecular formula is C16H14N4O3S.